The maximum atomic E-state index is 12.6. The van der Waals surface area contributed by atoms with Crippen molar-refractivity contribution >= 4 is 22.8 Å². The fourth-order valence-electron chi connectivity index (χ4n) is 2.92. The fourth-order valence-corrected chi connectivity index (χ4v) is 2.92. The molecule has 2 heterocycles. The second-order valence-corrected chi connectivity index (χ2v) is 6.10. The summed E-state index contributed by atoms with van der Waals surface area (Å²) in [7, 11) is 1.84. The molecule has 6 nitrogen and oxygen atoms in total. The van der Waals surface area contributed by atoms with Gasteiger partial charge in [-0.05, 0) is 24.6 Å². The number of nitrogens with one attached hydrogen (secondary N) is 2. The van der Waals surface area contributed by atoms with E-state index in [0.717, 1.165) is 16.5 Å². The van der Waals surface area contributed by atoms with Crippen molar-refractivity contribution in [2.75, 3.05) is 6.61 Å². The largest absolute Gasteiger partial charge is 1.00 e. The third-order valence-corrected chi connectivity index (χ3v) is 4.18. The molecular weight excluding hydrogens is 457 g/mol. The third kappa shape index (κ3) is 5.06. The van der Waals surface area contributed by atoms with Crippen LogP contribution >= 0.6 is 0 Å². The molecule has 0 aliphatic rings. The molecule has 3 rings (SSSR count). The van der Waals surface area contributed by atoms with Gasteiger partial charge in [0.25, 0.3) is 5.91 Å². The van der Waals surface area contributed by atoms with Crippen molar-refractivity contribution in [3.8, 4) is 0 Å². The van der Waals surface area contributed by atoms with Gasteiger partial charge in [-0.25, -0.2) is 9.36 Å². The number of aryl methyl sites for hydroxylation is 1. The molecule has 0 radical (unpaired) electrons. The maximum absolute atomic E-state index is 12.6. The van der Waals surface area contributed by atoms with E-state index < -0.39 is 12.0 Å². The Bertz CT molecular complexity index is 939. The minimum Gasteiger partial charge on any atom is -1.00 e. The summed E-state index contributed by atoms with van der Waals surface area (Å²) >= 11 is 0. The van der Waals surface area contributed by atoms with Crippen LogP contribution < -0.4 is 33.9 Å². The Morgan fingerprint density at radius 3 is 2.74 bits per heavy atom. The number of carbonyl (C=O) groups excluding carboxylic acids is 2. The van der Waals surface area contributed by atoms with Crippen LogP contribution in [0.3, 0.4) is 0 Å². The van der Waals surface area contributed by atoms with Gasteiger partial charge >= 0.3 is 5.97 Å². The van der Waals surface area contributed by atoms with Gasteiger partial charge in [-0.3, -0.25) is 4.79 Å². The van der Waals surface area contributed by atoms with Gasteiger partial charge in [0.2, 0.25) is 0 Å². The zero-order valence-electron chi connectivity index (χ0n) is 15.2. The quantitative estimate of drug-likeness (QED) is 0.268. The van der Waals surface area contributed by atoms with E-state index >= 15 is 0 Å². The summed E-state index contributed by atoms with van der Waals surface area (Å²) in [6.45, 7) is 2.01. The number of hydrogen-bond donors (Lipinski definition) is 2. The SMILES string of the molecule is CCOC(=O)C(Cc1c[nH]c2ccccc12)NC(=O)c1ccc[n+](C)c1.[I-]. The van der Waals surface area contributed by atoms with Gasteiger partial charge in [-0.15, -0.1) is 0 Å². The lowest BCUT2D eigenvalue weighted by molar-refractivity contribution is -0.671. The Hall–Kier alpha value is -2.42. The lowest BCUT2D eigenvalue weighted by atomic mass is 10.0. The minimum atomic E-state index is -0.757. The van der Waals surface area contributed by atoms with Crippen LogP contribution in [0, 0.1) is 0 Å². The number of carbonyl (C=O) groups is 2. The molecular formula is C20H22IN3O3. The van der Waals surface area contributed by atoms with Crippen molar-refractivity contribution in [2.45, 2.75) is 19.4 Å². The predicted octanol–water partition coefficient (Wildman–Crippen LogP) is -1.10. The van der Waals surface area contributed by atoms with Gasteiger partial charge < -0.3 is 39.0 Å². The van der Waals surface area contributed by atoms with E-state index in [9.17, 15) is 9.59 Å². The molecule has 1 unspecified atom stereocenters. The first kappa shape index (κ1) is 20.9. The zero-order valence-corrected chi connectivity index (χ0v) is 17.4. The smallest absolute Gasteiger partial charge is 0.328 e. The first-order valence-electron chi connectivity index (χ1n) is 8.56. The van der Waals surface area contributed by atoms with Crippen LogP contribution in [0.5, 0.6) is 0 Å². The number of esters is 1. The molecule has 2 N–H and O–H groups in total. The van der Waals surface area contributed by atoms with Gasteiger partial charge in [0, 0.05) is 29.6 Å². The maximum Gasteiger partial charge on any atom is 0.328 e. The lowest BCUT2D eigenvalue weighted by Crippen LogP contribution is -3.00. The monoisotopic (exact) mass is 479 g/mol. The number of hydrogen-bond acceptors (Lipinski definition) is 3. The average molecular weight is 479 g/mol. The summed E-state index contributed by atoms with van der Waals surface area (Å²) in [5, 5.41) is 3.84. The normalized spacial score (nSPS) is 11.5. The number of aromatic nitrogens is 2. The predicted molar refractivity (Wildman–Crippen MR) is 97.5 cm³/mol. The second-order valence-electron chi connectivity index (χ2n) is 6.10. The highest BCUT2D eigenvalue weighted by Crippen LogP contribution is 2.19. The number of benzene rings is 1. The number of fused-ring (bicyclic) bond motifs is 1. The molecule has 0 aliphatic heterocycles. The molecule has 1 atom stereocenters. The highest BCUT2D eigenvalue weighted by atomic mass is 127. The van der Waals surface area contributed by atoms with Crippen molar-refractivity contribution in [3.05, 3.63) is 66.1 Å². The second kappa shape index (κ2) is 9.50. The Kier molecular flexibility index (Phi) is 7.35. The number of amides is 1. The Morgan fingerprint density at radius 1 is 1.22 bits per heavy atom. The van der Waals surface area contributed by atoms with Gasteiger partial charge in [-0.1, -0.05) is 18.2 Å². The Labute approximate surface area is 174 Å². The van der Waals surface area contributed by atoms with Crippen molar-refractivity contribution in [1.29, 1.82) is 0 Å². The number of rotatable bonds is 6. The Morgan fingerprint density at radius 2 is 2.00 bits per heavy atom. The summed E-state index contributed by atoms with van der Waals surface area (Å²) in [6, 6.07) is 10.6. The van der Waals surface area contributed by atoms with Crippen LogP contribution in [0.1, 0.15) is 22.8 Å². The standard InChI is InChI=1S/C20H21N3O3.HI/c1-3-26-20(25)18(22-19(24)14-7-6-10-23(2)13-14)11-15-12-21-17-9-5-4-8-16(15)17;/h4-10,12-13,18,21H,3,11H2,1-2H3;1H. The van der Waals surface area contributed by atoms with Crippen LogP contribution in [0.15, 0.2) is 55.0 Å². The van der Waals surface area contributed by atoms with Gasteiger partial charge in [0.15, 0.2) is 12.4 Å². The van der Waals surface area contributed by atoms with Crippen LogP contribution in [0.2, 0.25) is 0 Å². The van der Waals surface area contributed by atoms with Crippen LogP contribution in [0.4, 0.5) is 0 Å². The summed E-state index contributed by atoms with van der Waals surface area (Å²) in [6.07, 6.45) is 5.77. The summed E-state index contributed by atoms with van der Waals surface area (Å²) in [5.74, 6) is -0.745. The summed E-state index contributed by atoms with van der Waals surface area (Å²) in [5.41, 5.74) is 2.44. The fraction of sp³-hybridized carbons (Fsp3) is 0.250. The topological polar surface area (TPSA) is 75.1 Å². The lowest BCUT2D eigenvalue weighted by Gasteiger charge is -2.17. The highest BCUT2D eigenvalue weighted by Gasteiger charge is 2.25. The van der Waals surface area contributed by atoms with E-state index in [-0.39, 0.29) is 36.5 Å². The molecule has 1 amide bonds. The molecule has 0 saturated heterocycles. The zero-order chi connectivity index (χ0) is 18.5. The highest BCUT2D eigenvalue weighted by molar-refractivity contribution is 5.96. The number of aromatic amines is 1. The molecule has 3 aromatic rings. The number of nitrogens with zero attached hydrogens (tertiary/aromatic N) is 1. The van der Waals surface area contributed by atoms with E-state index in [0.29, 0.717) is 12.0 Å². The van der Waals surface area contributed by atoms with Crippen LogP contribution in [-0.4, -0.2) is 29.5 Å². The summed E-state index contributed by atoms with van der Waals surface area (Å²) in [4.78, 5) is 28.1. The minimum absolute atomic E-state index is 0. The molecule has 0 fully saturated rings. The van der Waals surface area contributed by atoms with Gasteiger partial charge in [0.05, 0.1) is 6.61 Å². The molecule has 1 aromatic carbocycles. The first-order valence-corrected chi connectivity index (χ1v) is 8.56. The molecule has 27 heavy (non-hydrogen) atoms. The summed E-state index contributed by atoms with van der Waals surface area (Å²) < 4.78 is 6.94. The van der Waals surface area contributed by atoms with Gasteiger partial charge in [-0.2, -0.15) is 0 Å². The third-order valence-electron chi connectivity index (χ3n) is 4.18. The molecule has 2 aromatic heterocycles. The number of pyridine rings is 1. The van der Waals surface area contributed by atoms with Crippen molar-refractivity contribution in [2.24, 2.45) is 7.05 Å². The molecule has 7 heteroatoms. The van der Waals surface area contributed by atoms with E-state index in [1.54, 1.807) is 29.8 Å². The molecule has 0 spiro atoms. The van der Waals surface area contributed by atoms with Crippen LogP contribution in [0.25, 0.3) is 10.9 Å². The number of para-hydroxylation sites is 1. The van der Waals surface area contributed by atoms with E-state index in [1.165, 1.54) is 0 Å². The van der Waals surface area contributed by atoms with Crippen LogP contribution in [-0.2, 0) is 23.0 Å². The van der Waals surface area contributed by atoms with E-state index in [1.807, 2.05) is 43.7 Å². The van der Waals surface area contributed by atoms with E-state index in [4.69, 9.17) is 4.74 Å². The Balaban J connectivity index is 0.00000261. The first-order chi connectivity index (χ1) is 12.6. The van der Waals surface area contributed by atoms with Crippen molar-refractivity contribution < 1.29 is 42.9 Å². The molecule has 0 bridgehead atoms. The van der Waals surface area contributed by atoms with Gasteiger partial charge in [0.1, 0.15) is 18.7 Å². The number of ether oxygens (including phenoxy) is 1. The van der Waals surface area contributed by atoms with Crippen molar-refractivity contribution in [3.63, 3.8) is 0 Å². The average Bonchev–Trinajstić information content (AvgIpc) is 3.04. The number of H-pyrrole nitrogens is 1. The molecule has 142 valence electrons. The number of halogens is 1. The van der Waals surface area contributed by atoms with Crippen molar-refractivity contribution in [1.82, 2.24) is 10.3 Å². The van der Waals surface area contributed by atoms with E-state index in [2.05, 4.69) is 10.3 Å². The molecule has 0 aliphatic carbocycles. The molecule has 0 saturated carbocycles.